The number of hydrogen-bond acceptors (Lipinski definition) is 6. The number of halogens is 1. The first-order valence-electron chi connectivity index (χ1n) is 6.36. The van der Waals surface area contributed by atoms with E-state index in [0.717, 1.165) is 23.2 Å². The lowest BCUT2D eigenvalue weighted by molar-refractivity contribution is -0.393. The second-order valence-electron chi connectivity index (χ2n) is 4.47. The van der Waals surface area contributed by atoms with E-state index in [9.17, 15) is 24.6 Å². The van der Waals surface area contributed by atoms with Gasteiger partial charge in [-0.05, 0) is 6.07 Å². The molecule has 2 rings (SSSR count). The average molecular weight is 318 g/mol. The van der Waals surface area contributed by atoms with Crippen LogP contribution in [0.15, 0.2) is 53.6 Å². The second-order valence-corrected chi connectivity index (χ2v) is 4.47. The largest absolute Gasteiger partial charge is 0.301 e. The lowest BCUT2D eigenvalue weighted by atomic mass is 10.2. The molecule has 2 aromatic carbocycles. The molecule has 0 heterocycles. The van der Waals surface area contributed by atoms with Crippen LogP contribution in [0.1, 0.15) is 5.56 Å². The molecule has 0 aliphatic heterocycles. The molecule has 0 amide bonds. The number of hydrazone groups is 1. The first-order chi connectivity index (χ1) is 10.9. The van der Waals surface area contributed by atoms with E-state index in [2.05, 4.69) is 5.10 Å². The maximum atomic E-state index is 14.0. The average Bonchev–Trinajstić information content (AvgIpc) is 2.54. The van der Waals surface area contributed by atoms with Gasteiger partial charge in [0.15, 0.2) is 0 Å². The molecule has 0 N–H and O–H groups in total. The molecule has 118 valence electrons. The highest BCUT2D eigenvalue weighted by molar-refractivity contribution is 5.93. The zero-order valence-corrected chi connectivity index (χ0v) is 11.9. The number of hydrogen-bond donors (Lipinski definition) is 0. The minimum atomic E-state index is -0.833. The van der Waals surface area contributed by atoms with Gasteiger partial charge >= 0.3 is 5.69 Å². The van der Waals surface area contributed by atoms with Gasteiger partial charge in [0.05, 0.1) is 15.9 Å². The third kappa shape index (κ3) is 3.64. The zero-order chi connectivity index (χ0) is 17.0. The summed E-state index contributed by atoms with van der Waals surface area (Å²) in [5.74, 6) is -0.833. The number of benzene rings is 2. The third-order valence-electron chi connectivity index (χ3n) is 2.96. The van der Waals surface area contributed by atoms with Crippen molar-refractivity contribution in [3.63, 3.8) is 0 Å². The van der Waals surface area contributed by atoms with E-state index in [-0.39, 0.29) is 11.3 Å². The van der Waals surface area contributed by atoms with Gasteiger partial charge in [-0.25, -0.2) is 0 Å². The fourth-order valence-electron chi connectivity index (χ4n) is 1.86. The highest BCUT2D eigenvalue weighted by Crippen LogP contribution is 2.31. The van der Waals surface area contributed by atoms with Gasteiger partial charge in [0.2, 0.25) is 5.97 Å². The molecule has 0 bridgehead atoms. The van der Waals surface area contributed by atoms with Crippen molar-refractivity contribution in [2.24, 2.45) is 5.10 Å². The van der Waals surface area contributed by atoms with Crippen molar-refractivity contribution in [2.45, 2.75) is 0 Å². The van der Waals surface area contributed by atoms with Crippen LogP contribution >= 0.6 is 0 Å². The molecule has 0 aromatic heterocycles. The van der Waals surface area contributed by atoms with E-state index in [1.807, 2.05) is 0 Å². The summed E-state index contributed by atoms with van der Waals surface area (Å²) in [5, 5.41) is 26.4. The molecule has 0 aliphatic carbocycles. The topological polar surface area (TPSA) is 102 Å². The number of nitro groups is 2. The van der Waals surface area contributed by atoms with Crippen molar-refractivity contribution < 1.29 is 14.2 Å². The normalized spacial score (nSPS) is 11.1. The van der Waals surface area contributed by atoms with E-state index < -0.39 is 27.2 Å². The summed E-state index contributed by atoms with van der Waals surface area (Å²) >= 11 is 0. The van der Waals surface area contributed by atoms with Crippen LogP contribution in [0.5, 0.6) is 0 Å². The lowest BCUT2D eigenvalue weighted by Crippen LogP contribution is -2.13. The number of anilines is 1. The fourth-order valence-corrected chi connectivity index (χ4v) is 1.86. The van der Waals surface area contributed by atoms with Crippen LogP contribution in [0.4, 0.5) is 21.5 Å². The predicted octanol–water partition coefficient (Wildman–Crippen LogP) is 3.27. The Bertz CT molecular complexity index is 780. The maximum Gasteiger partial charge on any atom is 0.301 e. The van der Waals surface area contributed by atoms with E-state index in [0.29, 0.717) is 0 Å². The van der Waals surface area contributed by atoms with Gasteiger partial charge < -0.3 is 0 Å². The van der Waals surface area contributed by atoms with Crippen molar-refractivity contribution in [3.05, 3.63) is 74.3 Å². The Kier molecular flexibility index (Phi) is 4.60. The summed E-state index contributed by atoms with van der Waals surface area (Å²) in [5.41, 5.74) is -0.816. The SMILES string of the molecule is CN(/N=C(\F)c1ccccc1)c1ccc([N+](=O)[O-])cc1[N+](=O)[O-]. The minimum Gasteiger partial charge on any atom is -0.259 e. The molecule has 9 heteroatoms. The first-order valence-corrected chi connectivity index (χ1v) is 6.36. The molecule has 0 unspecified atom stereocenters. The van der Waals surface area contributed by atoms with E-state index >= 15 is 0 Å². The Hall–Kier alpha value is -3.36. The molecule has 0 atom stereocenters. The summed E-state index contributed by atoms with van der Waals surface area (Å²) < 4.78 is 14.0. The van der Waals surface area contributed by atoms with Gasteiger partial charge in [-0.2, -0.15) is 4.39 Å². The second kappa shape index (κ2) is 6.60. The Morgan fingerprint density at radius 3 is 2.30 bits per heavy atom. The molecule has 0 fully saturated rings. The standard InChI is InChI=1S/C14H11FN4O4/c1-17(16-14(15)10-5-3-2-4-6-10)12-8-7-11(18(20)21)9-13(12)19(22)23/h2-9H,1H3/b16-14-. The van der Waals surface area contributed by atoms with Crippen LogP contribution in [0.3, 0.4) is 0 Å². The number of nitrogens with zero attached hydrogens (tertiary/aromatic N) is 4. The van der Waals surface area contributed by atoms with Crippen molar-refractivity contribution in [2.75, 3.05) is 12.1 Å². The smallest absolute Gasteiger partial charge is 0.259 e. The molecule has 0 aliphatic rings. The maximum absolute atomic E-state index is 14.0. The third-order valence-corrected chi connectivity index (χ3v) is 2.96. The first kappa shape index (κ1) is 16.0. The van der Waals surface area contributed by atoms with E-state index in [1.54, 1.807) is 18.2 Å². The van der Waals surface area contributed by atoms with Crippen molar-refractivity contribution in [1.82, 2.24) is 0 Å². The number of non-ortho nitro benzene ring substituents is 1. The van der Waals surface area contributed by atoms with Crippen LogP contribution in [-0.4, -0.2) is 22.9 Å². The van der Waals surface area contributed by atoms with E-state index in [4.69, 9.17) is 0 Å². The van der Waals surface area contributed by atoms with Crippen LogP contribution in [0.2, 0.25) is 0 Å². The summed E-state index contributed by atoms with van der Waals surface area (Å²) in [6.45, 7) is 0. The molecule has 0 radical (unpaired) electrons. The van der Waals surface area contributed by atoms with Crippen molar-refractivity contribution in [1.29, 1.82) is 0 Å². The fraction of sp³-hybridized carbons (Fsp3) is 0.0714. The van der Waals surface area contributed by atoms with Crippen LogP contribution in [0.25, 0.3) is 0 Å². The van der Waals surface area contributed by atoms with E-state index in [1.165, 1.54) is 19.2 Å². The van der Waals surface area contributed by atoms with Crippen LogP contribution in [0, 0.1) is 20.2 Å². The van der Waals surface area contributed by atoms with Gasteiger partial charge in [-0.15, -0.1) is 5.10 Å². The molecule has 0 saturated carbocycles. The molecule has 8 nitrogen and oxygen atoms in total. The van der Waals surface area contributed by atoms with Gasteiger partial charge in [0.25, 0.3) is 5.69 Å². The summed E-state index contributed by atoms with van der Waals surface area (Å²) in [4.78, 5) is 20.2. The predicted molar refractivity (Wildman–Crippen MR) is 82.2 cm³/mol. The molecule has 0 spiro atoms. The zero-order valence-electron chi connectivity index (χ0n) is 11.9. The highest BCUT2D eigenvalue weighted by Gasteiger charge is 2.22. The van der Waals surface area contributed by atoms with Gasteiger partial charge in [-0.1, -0.05) is 30.3 Å². The van der Waals surface area contributed by atoms with Crippen molar-refractivity contribution in [3.8, 4) is 0 Å². The Balaban J connectivity index is 2.41. The molecule has 23 heavy (non-hydrogen) atoms. The Labute approximate surface area is 129 Å². The molecule has 0 saturated heterocycles. The van der Waals surface area contributed by atoms with Gasteiger partial charge in [0.1, 0.15) is 5.69 Å². The molecule has 2 aromatic rings. The molecular weight excluding hydrogens is 307 g/mol. The van der Waals surface area contributed by atoms with Crippen LogP contribution < -0.4 is 5.01 Å². The Morgan fingerprint density at radius 2 is 1.74 bits per heavy atom. The monoisotopic (exact) mass is 318 g/mol. The summed E-state index contributed by atoms with van der Waals surface area (Å²) in [6.07, 6.45) is 0. The lowest BCUT2D eigenvalue weighted by Gasteiger charge is -2.13. The number of nitro benzene ring substituents is 2. The van der Waals surface area contributed by atoms with Crippen LogP contribution in [-0.2, 0) is 0 Å². The van der Waals surface area contributed by atoms with Gasteiger partial charge in [-0.3, -0.25) is 25.2 Å². The van der Waals surface area contributed by atoms with Gasteiger partial charge in [0, 0.05) is 18.7 Å². The minimum absolute atomic E-state index is 0.0633. The number of rotatable bonds is 5. The summed E-state index contributed by atoms with van der Waals surface area (Å²) in [6, 6.07) is 11.0. The quantitative estimate of drug-likeness (QED) is 0.478. The summed E-state index contributed by atoms with van der Waals surface area (Å²) in [7, 11) is 1.32. The Morgan fingerprint density at radius 1 is 1.09 bits per heavy atom. The highest BCUT2D eigenvalue weighted by atomic mass is 19.1. The van der Waals surface area contributed by atoms with Crippen molar-refractivity contribution >= 4 is 23.0 Å². The molecular formula is C14H11FN4O4.